The van der Waals surface area contributed by atoms with Crippen molar-refractivity contribution < 1.29 is 19.1 Å². The summed E-state index contributed by atoms with van der Waals surface area (Å²) in [4.78, 5) is 31.4. The van der Waals surface area contributed by atoms with Gasteiger partial charge in [0.05, 0.1) is 25.9 Å². The van der Waals surface area contributed by atoms with Crippen molar-refractivity contribution in [1.82, 2.24) is 9.88 Å². The molecule has 1 aromatic heterocycles. The van der Waals surface area contributed by atoms with Gasteiger partial charge in [0.1, 0.15) is 18.0 Å². The Morgan fingerprint density at radius 1 is 1.33 bits per heavy atom. The molecule has 7 heteroatoms. The summed E-state index contributed by atoms with van der Waals surface area (Å²) < 4.78 is 11.1. The Hall–Kier alpha value is -2.15. The molecule has 112 valence electrons. The van der Waals surface area contributed by atoms with Crippen molar-refractivity contribution >= 4 is 17.5 Å². The van der Waals surface area contributed by atoms with E-state index in [-0.39, 0.29) is 11.8 Å². The van der Waals surface area contributed by atoms with E-state index >= 15 is 0 Å². The molecular formula is C14H17N3O4. The zero-order chi connectivity index (χ0) is 14.8. The Kier molecular flexibility index (Phi) is 3.74. The average molecular weight is 291 g/mol. The lowest BCUT2D eigenvalue weighted by atomic mass is 10.2. The van der Waals surface area contributed by atoms with Gasteiger partial charge in [-0.05, 0) is 0 Å². The summed E-state index contributed by atoms with van der Waals surface area (Å²) in [6.07, 6.45) is 2.60. The molecule has 21 heavy (non-hydrogen) atoms. The Balaban J connectivity index is 1.78. The van der Waals surface area contributed by atoms with Gasteiger partial charge in [0.2, 0.25) is 5.91 Å². The summed E-state index contributed by atoms with van der Waals surface area (Å²) in [6, 6.07) is 1.73. The van der Waals surface area contributed by atoms with E-state index in [0.717, 1.165) is 0 Å². The van der Waals surface area contributed by atoms with Gasteiger partial charge in [0, 0.05) is 25.7 Å². The zero-order valence-corrected chi connectivity index (χ0v) is 11.8. The molecule has 1 saturated heterocycles. The van der Waals surface area contributed by atoms with E-state index in [2.05, 4.69) is 4.98 Å². The van der Waals surface area contributed by atoms with E-state index in [0.29, 0.717) is 44.3 Å². The van der Waals surface area contributed by atoms with Crippen LogP contribution < -0.4 is 9.64 Å². The van der Waals surface area contributed by atoms with Crippen LogP contribution in [-0.2, 0) is 14.3 Å². The second kappa shape index (κ2) is 5.69. The van der Waals surface area contributed by atoms with Crippen LogP contribution >= 0.6 is 0 Å². The molecule has 1 atom stereocenters. The number of fused-ring (bicyclic) bond motifs is 1. The Bertz CT molecular complexity index is 563. The normalized spacial score (nSPS) is 21.5. The van der Waals surface area contributed by atoms with Crippen LogP contribution in [0.5, 0.6) is 5.75 Å². The maximum absolute atomic E-state index is 12.7. The lowest BCUT2D eigenvalue weighted by Gasteiger charge is -2.36. The molecule has 0 spiro atoms. The van der Waals surface area contributed by atoms with Crippen LogP contribution in [0.1, 0.15) is 6.92 Å². The summed E-state index contributed by atoms with van der Waals surface area (Å²) in [5.74, 6) is 0.447. The highest BCUT2D eigenvalue weighted by Crippen LogP contribution is 2.30. The number of ether oxygens (including phenoxy) is 2. The first kappa shape index (κ1) is 13.8. The van der Waals surface area contributed by atoms with Gasteiger partial charge in [0.25, 0.3) is 5.91 Å². The van der Waals surface area contributed by atoms with Crippen molar-refractivity contribution in [2.24, 2.45) is 0 Å². The van der Waals surface area contributed by atoms with Crippen LogP contribution in [0.2, 0.25) is 0 Å². The molecule has 1 aromatic rings. The van der Waals surface area contributed by atoms with Gasteiger partial charge in [-0.2, -0.15) is 0 Å². The van der Waals surface area contributed by atoms with Crippen molar-refractivity contribution in [3.05, 3.63) is 18.5 Å². The number of carbonyl (C=O) groups excluding carboxylic acids is 2. The SMILES string of the molecule is CC(=O)N1CCOC(C(=O)N2CCOc3ccncc32)C1. The minimum absolute atomic E-state index is 0.0415. The van der Waals surface area contributed by atoms with Crippen molar-refractivity contribution in [3.63, 3.8) is 0 Å². The lowest BCUT2D eigenvalue weighted by Crippen LogP contribution is -2.53. The van der Waals surface area contributed by atoms with Crippen molar-refractivity contribution in [3.8, 4) is 5.75 Å². The highest BCUT2D eigenvalue weighted by atomic mass is 16.5. The van der Waals surface area contributed by atoms with Crippen molar-refractivity contribution in [1.29, 1.82) is 0 Å². The molecule has 2 aliphatic heterocycles. The van der Waals surface area contributed by atoms with E-state index in [1.165, 1.54) is 6.92 Å². The maximum atomic E-state index is 12.7. The van der Waals surface area contributed by atoms with Gasteiger partial charge in [-0.3, -0.25) is 14.6 Å². The third-order valence-corrected chi connectivity index (χ3v) is 3.68. The third kappa shape index (κ3) is 2.69. The van der Waals surface area contributed by atoms with Gasteiger partial charge in [-0.25, -0.2) is 0 Å². The third-order valence-electron chi connectivity index (χ3n) is 3.68. The summed E-state index contributed by atoms with van der Waals surface area (Å²) in [7, 11) is 0. The number of hydrogen-bond donors (Lipinski definition) is 0. The number of anilines is 1. The highest BCUT2D eigenvalue weighted by Gasteiger charge is 2.34. The topological polar surface area (TPSA) is 72.0 Å². The van der Waals surface area contributed by atoms with E-state index in [9.17, 15) is 9.59 Å². The molecule has 0 radical (unpaired) electrons. The fourth-order valence-corrected chi connectivity index (χ4v) is 2.55. The number of hydrogen-bond acceptors (Lipinski definition) is 5. The van der Waals surface area contributed by atoms with Gasteiger partial charge in [0.15, 0.2) is 6.10 Å². The van der Waals surface area contributed by atoms with E-state index in [1.807, 2.05) is 0 Å². The molecule has 2 amide bonds. The fourth-order valence-electron chi connectivity index (χ4n) is 2.55. The van der Waals surface area contributed by atoms with Gasteiger partial charge in [-0.1, -0.05) is 0 Å². The average Bonchev–Trinajstić information content (AvgIpc) is 2.53. The number of aromatic nitrogens is 1. The Morgan fingerprint density at radius 2 is 2.19 bits per heavy atom. The quantitative estimate of drug-likeness (QED) is 0.731. The van der Waals surface area contributed by atoms with Crippen molar-refractivity contribution in [2.75, 3.05) is 37.7 Å². The molecule has 0 N–H and O–H groups in total. The molecule has 0 aromatic carbocycles. The molecule has 2 aliphatic rings. The molecule has 3 rings (SSSR count). The highest BCUT2D eigenvalue weighted by molar-refractivity contribution is 5.98. The smallest absolute Gasteiger partial charge is 0.258 e. The van der Waals surface area contributed by atoms with Gasteiger partial charge < -0.3 is 19.3 Å². The van der Waals surface area contributed by atoms with E-state index in [4.69, 9.17) is 9.47 Å². The summed E-state index contributed by atoms with van der Waals surface area (Å²) >= 11 is 0. The van der Waals surface area contributed by atoms with Gasteiger partial charge >= 0.3 is 0 Å². The predicted octanol–water partition coefficient (Wildman–Crippen LogP) is 0.0543. The standard InChI is InChI=1S/C14H17N3O4/c1-10(18)16-4-6-21-13(9-16)14(19)17-5-7-20-12-2-3-15-8-11(12)17/h2-3,8,13H,4-7,9H2,1H3. The molecule has 0 saturated carbocycles. The molecule has 1 unspecified atom stereocenters. The molecule has 0 aliphatic carbocycles. The number of nitrogens with zero attached hydrogens (tertiary/aromatic N) is 3. The first-order valence-corrected chi connectivity index (χ1v) is 6.92. The Labute approximate surface area is 122 Å². The molecule has 7 nitrogen and oxygen atoms in total. The first-order valence-electron chi connectivity index (χ1n) is 6.92. The number of morpholine rings is 1. The number of carbonyl (C=O) groups is 2. The minimum Gasteiger partial charge on any atom is -0.489 e. The summed E-state index contributed by atoms with van der Waals surface area (Å²) in [5, 5.41) is 0. The van der Waals surface area contributed by atoms with Crippen LogP contribution in [0.25, 0.3) is 0 Å². The van der Waals surface area contributed by atoms with Gasteiger partial charge in [-0.15, -0.1) is 0 Å². The van der Waals surface area contributed by atoms with E-state index < -0.39 is 6.10 Å². The fraction of sp³-hybridized carbons (Fsp3) is 0.500. The predicted molar refractivity (Wildman–Crippen MR) is 74.1 cm³/mol. The maximum Gasteiger partial charge on any atom is 0.258 e. The Morgan fingerprint density at radius 3 is 3.00 bits per heavy atom. The first-order chi connectivity index (χ1) is 10.2. The van der Waals surface area contributed by atoms with Crippen LogP contribution in [0.3, 0.4) is 0 Å². The van der Waals surface area contributed by atoms with Crippen LogP contribution in [0.15, 0.2) is 18.5 Å². The van der Waals surface area contributed by atoms with Crippen LogP contribution in [0.4, 0.5) is 5.69 Å². The second-order valence-electron chi connectivity index (χ2n) is 5.01. The summed E-state index contributed by atoms with van der Waals surface area (Å²) in [5.41, 5.74) is 0.650. The number of rotatable bonds is 1. The number of amides is 2. The van der Waals surface area contributed by atoms with E-state index in [1.54, 1.807) is 28.3 Å². The van der Waals surface area contributed by atoms with Crippen LogP contribution in [-0.4, -0.2) is 60.7 Å². The monoisotopic (exact) mass is 291 g/mol. The minimum atomic E-state index is -0.631. The zero-order valence-electron chi connectivity index (χ0n) is 11.8. The van der Waals surface area contributed by atoms with Crippen LogP contribution in [0, 0.1) is 0 Å². The second-order valence-corrected chi connectivity index (χ2v) is 5.01. The molecular weight excluding hydrogens is 274 g/mol. The molecule has 1 fully saturated rings. The lowest BCUT2D eigenvalue weighted by molar-refractivity contribution is -0.144. The summed E-state index contributed by atoms with van der Waals surface area (Å²) in [6.45, 7) is 3.59. The largest absolute Gasteiger partial charge is 0.489 e. The number of pyridine rings is 1. The molecule has 0 bridgehead atoms. The van der Waals surface area contributed by atoms with Crippen molar-refractivity contribution in [2.45, 2.75) is 13.0 Å². The molecule has 3 heterocycles.